The summed E-state index contributed by atoms with van der Waals surface area (Å²) in [6, 6.07) is 17.3. The van der Waals surface area contributed by atoms with Gasteiger partial charge in [0.1, 0.15) is 22.4 Å². The second-order valence-electron chi connectivity index (χ2n) is 7.14. The minimum atomic E-state index is -0.520. The normalized spacial score (nSPS) is 10.7. The molecule has 0 fully saturated rings. The first-order chi connectivity index (χ1) is 15.8. The lowest BCUT2D eigenvalue weighted by Crippen LogP contribution is -2.15. The summed E-state index contributed by atoms with van der Waals surface area (Å²) in [6.07, 6.45) is 0. The molecule has 4 aromatic rings. The van der Waals surface area contributed by atoms with Crippen LogP contribution in [0.5, 0.6) is 0 Å². The number of hydrogen-bond acceptors (Lipinski definition) is 3. The van der Waals surface area contributed by atoms with Gasteiger partial charge in [0.15, 0.2) is 0 Å². The third kappa shape index (κ3) is 4.91. The van der Waals surface area contributed by atoms with Gasteiger partial charge in [-0.2, -0.15) is 5.10 Å². The van der Waals surface area contributed by atoms with Crippen LogP contribution in [-0.2, 0) is 0 Å². The maximum atomic E-state index is 13.3. The van der Waals surface area contributed by atoms with Gasteiger partial charge in [0.05, 0.1) is 11.4 Å². The molecule has 2 N–H and O–H groups in total. The standard InChI is InChI=1S/C24H17ClF2N4O2/c1-14-21(22(25)31(30-14)20-10-8-16(26)9-11-20)24(33)29-18-6-2-4-15(12-18)23(32)28-19-7-3-5-17(27)13-19/h2-13H,1H3,(H,28,32)(H,29,33). The molecular weight excluding hydrogens is 450 g/mol. The minimum absolute atomic E-state index is 0.0663. The van der Waals surface area contributed by atoms with Crippen molar-refractivity contribution >= 4 is 34.8 Å². The van der Waals surface area contributed by atoms with Crippen LogP contribution in [0, 0.1) is 18.6 Å². The fraction of sp³-hybridized carbons (Fsp3) is 0.0417. The SMILES string of the molecule is Cc1nn(-c2ccc(F)cc2)c(Cl)c1C(=O)Nc1cccc(C(=O)Nc2cccc(F)c2)c1. The maximum absolute atomic E-state index is 13.3. The van der Waals surface area contributed by atoms with E-state index >= 15 is 0 Å². The number of anilines is 2. The molecule has 3 aromatic carbocycles. The summed E-state index contributed by atoms with van der Waals surface area (Å²) < 4.78 is 27.9. The van der Waals surface area contributed by atoms with Gasteiger partial charge >= 0.3 is 0 Å². The van der Waals surface area contributed by atoms with Gasteiger partial charge < -0.3 is 10.6 Å². The van der Waals surface area contributed by atoms with Crippen molar-refractivity contribution in [1.29, 1.82) is 0 Å². The first-order valence-electron chi connectivity index (χ1n) is 9.81. The summed E-state index contributed by atoms with van der Waals surface area (Å²) in [7, 11) is 0. The number of carbonyl (C=O) groups is 2. The van der Waals surface area contributed by atoms with E-state index in [0.29, 0.717) is 22.8 Å². The minimum Gasteiger partial charge on any atom is -0.322 e. The molecule has 0 aliphatic carbocycles. The molecule has 0 aliphatic heterocycles. The van der Waals surface area contributed by atoms with Crippen LogP contribution in [0.3, 0.4) is 0 Å². The molecule has 0 unspecified atom stereocenters. The Morgan fingerprint density at radius 1 is 0.848 bits per heavy atom. The number of aryl methyl sites for hydroxylation is 1. The number of nitrogens with zero attached hydrogens (tertiary/aromatic N) is 2. The molecule has 0 bridgehead atoms. The summed E-state index contributed by atoms with van der Waals surface area (Å²) in [4.78, 5) is 25.4. The van der Waals surface area contributed by atoms with Gasteiger partial charge in [-0.25, -0.2) is 13.5 Å². The molecule has 1 aromatic heterocycles. The van der Waals surface area contributed by atoms with Crippen LogP contribution >= 0.6 is 11.6 Å². The zero-order valence-electron chi connectivity index (χ0n) is 17.3. The predicted molar refractivity (Wildman–Crippen MR) is 122 cm³/mol. The molecule has 6 nitrogen and oxygen atoms in total. The summed E-state index contributed by atoms with van der Waals surface area (Å²) in [5, 5.41) is 9.65. The van der Waals surface area contributed by atoms with E-state index in [1.807, 2.05) is 0 Å². The monoisotopic (exact) mass is 466 g/mol. The second kappa shape index (κ2) is 9.22. The summed E-state index contributed by atoms with van der Waals surface area (Å²) in [5.74, 6) is -1.86. The van der Waals surface area contributed by atoms with Crippen molar-refractivity contribution in [2.24, 2.45) is 0 Å². The Bertz CT molecular complexity index is 1350. The van der Waals surface area contributed by atoms with Gasteiger partial charge in [-0.05, 0) is 67.6 Å². The molecule has 4 rings (SSSR count). The Morgan fingerprint density at radius 2 is 1.48 bits per heavy atom. The number of carbonyl (C=O) groups excluding carboxylic acids is 2. The smallest absolute Gasteiger partial charge is 0.260 e. The van der Waals surface area contributed by atoms with E-state index in [0.717, 1.165) is 0 Å². The van der Waals surface area contributed by atoms with Gasteiger partial charge in [-0.3, -0.25) is 9.59 Å². The lowest BCUT2D eigenvalue weighted by Gasteiger charge is -2.09. The highest BCUT2D eigenvalue weighted by Crippen LogP contribution is 2.25. The first-order valence-corrected chi connectivity index (χ1v) is 10.2. The average molecular weight is 467 g/mol. The van der Waals surface area contributed by atoms with Gasteiger partial charge in [-0.15, -0.1) is 0 Å². The summed E-state index contributed by atoms with van der Waals surface area (Å²) >= 11 is 6.40. The quantitative estimate of drug-likeness (QED) is 0.401. The van der Waals surface area contributed by atoms with Crippen LogP contribution in [0.15, 0.2) is 72.8 Å². The van der Waals surface area contributed by atoms with E-state index in [1.54, 1.807) is 31.2 Å². The topological polar surface area (TPSA) is 76.0 Å². The largest absolute Gasteiger partial charge is 0.322 e. The van der Waals surface area contributed by atoms with Crippen LogP contribution < -0.4 is 10.6 Å². The molecule has 0 saturated heterocycles. The van der Waals surface area contributed by atoms with Crippen molar-refractivity contribution in [3.63, 3.8) is 0 Å². The number of benzene rings is 3. The van der Waals surface area contributed by atoms with E-state index in [1.165, 1.54) is 53.2 Å². The zero-order valence-corrected chi connectivity index (χ0v) is 18.0. The number of rotatable bonds is 5. The average Bonchev–Trinajstić information content (AvgIpc) is 3.08. The Morgan fingerprint density at radius 3 is 2.18 bits per heavy atom. The Kier molecular flexibility index (Phi) is 6.19. The van der Waals surface area contributed by atoms with Crippen molar-refractivity contribution in [3.05, 3.63) is 106 Å². The number of hydrogen-bond donors (Lipinski definition) is 2. The van der Waals surface area contributed by atoms with Crippen molar-refractivity contribution < 1.29 is 18.4 Å². The van der Waals surface area contributed by atoms with Gasteiger partial charge in [0.25, 0.3) is 11.8 Å². The van der Waals surface area contributed by atoms with Gasteiger partial charge in [0.2, 0.25) is 0 Å². The molecule has 2 amide bonds. The Labute approximate surface area is 192 Å². The molecule has 0 aliphatic rings. The van der Waals surface area contributed by atoms with E-state index in [4.69, 9.17) is 11.6 Å². The third-order valence-corrected chi connectivity index (χ3v) is 5.12. The zero-order chi connectivity index (χ0) is 23.5. The van der Waals surface area contributed by atoms with Crippen LogP contribution in [0.4, 0.5) is 20.2 Å². The van der Waals surface area contributed by atoms with E-state index in [9.17, 15) is 18.4 Å². The fourth-order valence-corrected chi connectivity index (χ4v) is 3.57. The highest BCUT2D eigenvalue weighted by atomic mass is 35.5. The van der Waals surface area contributed by atoms with Crippen LogP contribution in [-0.4, -0.2) is 21.6 Å². The predicted octanol–water partition coefficient (Wildman–Crippen LogP) is 5.62. The number of amides is 2. The molecule has 0 saturated carbocycles. The maximum Gasteiger partial charge on any atom is 0.260 e. The number of aromatic nitrogens is 2. The molecule has 0 atom stereocenters. The molecule has 1 heterocycles. The van der Waals surface area contributed by atoms with Crippen LogP contribution in [0.2, 0.25) is 5.15 Å². The highest BCUT2D eigenvalue weighted by molar-refractivity contribution is 6.34. The van der Waals surface area contributed by atoms with E-state index in [2.05, 4.69) is 15.7 Å². The molecule has 166 valence electrons. The molecule has 33 heavy (non-hydrogen) atoms. The summed E-state index contributed by atoms with van der Waals surface area (Å²) in [5.41, 5.74) is 1.96. The number of halogens is 3. The lowest BCUT2D eigenvalue weighted by atomic mass is 10.1. The van der Waals surface area contributed by atoms with Gasteiger partial charge in [0, 0.05) is 16.9 Å². The highest BCUT2D eigenvalue weighted by Gasteiger charge is 2.21. The fourth-order valence-electron chi connectivity index (χ4n) is 3.21. The second-order valence-corrected chi connectivity index (χ2v) is 7.50. The summed E-state index contributed by atoms with van der Waals surface area (Å²) in [6.45, 7) is 1.63. The lowest BCUT2D eigenvalue weighted by molar-refractivity contribution is 0.101. The first kappa shape index (κ1) is 22.2. The van der Waals surface area contributed by atoms with Crippen molar-refractivity contribution in [2.75, 3.05) is 10.6 Å². The van der Waals surface area contributed by atoms with Crippen molar-refractivity contribution in [2.45, 2.75) is 6.92 Å². The van der Waals surface area contributed by atoms with Crippen LogP contribution in [0.1, 0.15) is 26.4 Å². The van der Waals surface area contributed by atoms with E-state index in [-0.39, 0.29) is 16.3 Å². The van der Waals surface area contributed by atoms with Crippen molar-refractivity contribution in [3.8, 4) is 5.69 Å². The molecule has 0 radical (unpaired) electrons. The third-order valence-electron chi connectivity index (χ3n) is 4.77. The van der Waals surface area contributed by atoms with Gasteiger partial charge in [-0.1, -0.05) is 23.7 Å². The molecule has 0 spiro atoms. The Balaban J connectivity index is 1.53. The van der Waals surface area contributed by atoms with Crippen LogP contribution in [0.25, 0.3) is 5.69 Å². The molecule has 9 heteroatoms. The van der Waals surface area contributed by atoms with E-state index < -0.39 is 23.4 Å². The van der Waals surface area contributed by atoms with Crippen molar-refractivity contribution in [1.82, 2.24) is 9.78 Å². The number of nitrogens with one attached hydrogen (secondary N) is 2. The Hall–Kier alpha value is -4.04. The molecular formula is C24H17ClF2N4O2.